The van der Waals surface area contributed by atoms with E-state index in [4.69, 9.17) is 0 Å². The van der Waals surface area contributed by atoms with Crippen molar-refractivity contribution in [3.05, 3.63) is 11.4 Å². The standard InChI is InChI=1S/C16H26N4O5S/c1-9(2)13(16(22)23)17-15(21)12-6-5-7-20(8-12)26(24,25)14-10(3)18-19-11(14)4/h9,12-13H,5-8H2,1-4H3,(H,17,21)(H,18,19)(H,22,23)/t12?,13-/m0/s1. The second-order valence-corrected chi connectivity index (χ2v) is 8.91. The highest BCUT2D eigenvalue weighted by Gasteiger charge is 2.37. The zero-order valence-corrected chi connectivity index (χ0v) is 16.3. The molecule has 2 rings (SSSR count). The molecule has 1 unspecified atom stereocenters. The molecule has 1 aliphatic heterocycles. The van der Waals surface area contributed by atoms with Gasteiger partial charge in [0.25, 0.3) is 0 Å². The molecule has 10 heteroatoms. The number of nitrogens with one attached hydrogen (secondary N) is 2. The predicted molar refractivity (Wildman–Crippen MR) is 93.9 cm³/mol. The SMILES string of the molecule is Cc1n[nH]c(C)c1S(=O)(=O)N1CCCC(C(=O)N[C@H](C(=O)O)C(C)C)C1. The maximum Gasteiger partial charge on any atom is 0.326 e. The first-order chi connectivity index (χ1) is 12.1. The quantitative estimate of drug-likeness (QED) is 0.658. The summed E-state index contributed by atoms with van der Waals surface area (Å²) in [6.45, 7) is 7.03. The minimum absolute atomic E-state index is 0.0304. The number of aromatic nitrogens is 2. The topological polar surface area (TPSA) is 132 Å². The first-order valence-electron chi connectivity index (χ1n) is 8.60. The average molecular weight is 386 g/mol. The van der Waals surface area contributed by atoms with Crippen LogP contribution in [0.25, 0.3) is 0 Å². The number of nitrogens with zero attached hydrogens (tertiary/aromatic N) is 2. The lowest BCUT2D eigenvalue weighted by molar-refractivity contribution is -0.144. The van der Waals surface area contributed by atoms with Gasteiger partial charge in [-0.15, -0.1) is 0 Å². The summed E-state index contributed by atoms with van der Waals surface area (Å²) in [6, 6.07) is -0.993. The number of carboxylic acids is 1. The number of rotatable bonds is 6. The van der Waals surface area contributed by atoms with E-state index in [1.165, 1.54) is 4.31 Å². The van der Waals surface area contributed by atoms with Crippen molar-refractivity contribution in [1.82, 2.24) is 19.8 Å². The number of sulfonamides is 1. The lowest BCUT2D eigenvalue weighted by Crippen LogP contribution is -2.50. The molecule has 2 atom stereocenters. The van der Waals surface area contributed by atoms with E-state index in [0.717, 1.165) is 0 Å². The van der Waals surface area contributed by atoms with Crippen LogP contribution in [-0.4, -0.2) is 59.0 Å². The first kappa shape index (κ1) is 20.4. The number of aryl methyl sites for hydroxylation is 2. The van der Waals surface area contributed by atoms with E-state index in [0.29, 0.717) is 30.8 Å². The van der Waals surface area contributed by atoms with Gasteiger partial charge in [0.05, 0.1) is 17.3 Å². The van der Waals surface area contributed by atoms with Crippen molar-refractivity contribution >= 4 is 21.9 Å². The van der Waals surface area contributed by atoms with Gasteiger partial charge in [-0.2, -0.15) is 9.40 Å². The minimum atomic E-state index is -3.76. The summed E-state index contributed by atoms with van der Waals surface area (Å²) in [6.07, 6.45) is 1.05. The van der Waals surface area contributed by atoms with Crippen LogP contribution in [0.5, 0.6) is 0 Å². The van der Waals surface area contributed by atoms with E-state index < -0.39 is 33.9 Å². The second-order valence-electron chi connectivity index (χ2n) is 7.03. The lowest BCUT2D eigenvalue weighted by Gasteiger charge is -2.32. The Morgan fingerprint density at radius 1 is 1.35 bits per heavy atom. The molecule has 1 aliphatic rings. The Morgan fingerprint density at radius 3 is 2.50 bits per heavy atom. The molecule has 146 valence electrons. The van der Waals surface area contributed by atoms with Crippen molar-refractivity contribution in [2.45, 2.75) is 51.5 Å². The van der Waals surface area contributed by atoms with E-state index in [2.05, 4.69) is 15.5 Å². The number of piperidine rings is 1. The van der Waals surface area contributed by atoms with Crippen molar-refractivity contribution in [3.63, 3.8) is 0 Å². The van der Waals surface area contributed by atoms with Crippen molar-refractivity contribution in [2.24, 2.45) is 11.8 Å². The van der Waals surface area contributed by atoms with E-state index in [-0.39, 0.29) is 17.4 Å². The fourth-order valence-corrected chi connectivity index (χ4v) is 5.06. The highest BCUT2D eigenvalue weighted by atomic mass is 32.2. The highest BCUT2D eigenvalue weighted by molar-refractivity contribution is 7.89. The Balaban J connectivity index is 2.16. The fraction of sp³-hybridized carbons (Fsp3) is 0.688. The number of H-pyrrole nitrogens is 1. The number of hydrogen-bond acceptors (Lipinski definition) is 5. The third-order valence-corrected chi connectivity index (χ3v) is 6.77. The van der Waals surface area contributed by atoms with Gasteiger partial charge in [0.15, 0.2) is 0 Å². The Labute approximate surface area is 153 Å². The van der Waals surface area contributed by atoms with Gasteiger partial charge in [-0.3, -0.25) is 9.89 Å². The highest BCUT2D eigenvalue weighted by Crippen LogP contribution is 2.27. The number of carbonyl (C=O) groups is 2. The Kier molecular flexibility index (Phi) is 6.07. The van der Waals surface area contributed by atoms with Gasteiger partial charge < -0.3 is 10.4 Å². The van der Waals surface area contributed by atoms with E-state index in [1.807, 2.05) is 0 Å². The Morgan fingerprint density at radius 2 is 2.00 bits per heavy atom. The molecule has 2 heterocycles. The minimum Gasteiger partial charge on any atom is -0.480 e. The largest absolute Gasteiger partial charge is 0.480 e. The Hall–Kier alpha value is -1.94. The van der Waals surface area contributed by atoms with Gasteiger partial charge in [0, 0.05) is 13.1 Å². The molecule has 1 amide bonds. The summed E-state index contributed by atoms with van der Waals surface area (Å²) in [5.41, 5.74) is 0.847. The van der Waals surface area contributed by atoms with Gasteiger partial charge in [-0.1, -0.05) is 13.8 Å². The summed E-state index contributed by atoms with van der Waals surface area (Å²) in [7, 11) is -3.76. The van der Waals surface area contributed by atoms with Crippen LogP contribution in [0.15, 0.2) is 4.90 Å². The number of carbonyl (C=O) groups excluding carboxylic acids is 1. The number of aliphatic carboxylic acids is 1. The monoisotopic (exact) mass is 386 g/mol. The van der Waals surface area contributed by atoms with Crippen LogP contribution in [0.1, 0.15) is 38.1 Å². The average Bonchev–Trinajstić information content (AvgIpc) is 2.91. The molecule has 0 aliphatic carbocycles. The van der Waals surface area contributed by atoms with Crippen LogP contribution < -0.4 is 5.32 Å². The second kappa shape index (κ2) is 7.75. The van der Waals surface area contributed by atoms with Crippen molar-refractivity contribution in [2.75, 3.05) is 13.1 Å². The van der Waals surface area contributed by atoms with E-state index in [1.54, 1.807) is 27.7 Å². The summed E-state index contributed by atoms with van der Waals surface area (Å²) in [5, 5.41) is 18.4. The molecule has 0 saturated carbocycles. The van der Waals surface area contributed by atoms with Crippen LogP contribution in [0.4, 0.5) is 0 Å². The zero-order chi connectivity index (χ0) is 19.6. The smallest absolute Gasteiger partial charge is 0.326 e. The molecule has 1 saturated heterocycles. The third kappa shape index (κ3) is 4.07. The van der Waals surface area contributed by atoms with Crippen LogP contribution >= 0.6 is 0 Å². The maximum atomic E-state index is 12.9. The molecule has 9 nitrogen and oxygen atoms in total. The lowest BCUT2D eigenvalue weighted by atomic mass is 9.97. The number of aromatic amines is 1. The van der Waals surface area contributed by atoms with Gasteiger partial charge in [-0.05, 0) is 32.6 Å². The molecular formula is C16H26N4O5S. The number of amides is 1. The molecular weight excluding hydrogens is 360 g/mol. The molecule has 3 N–H and O–H groups in total. The van der Waals surface area contributed by atoms with Gasteiger partial charge in [-0.25, -0.2) is 13.2 Å². The molecule has 26 heavy (non-hydrogen) atoms. The molecule has 1 aromatic rings. The molecule has 0 spiro atoms. The first-order valence-corrected chi connectivity index (χ1v) is 10.0. The molecule has 0 bridgehead atoms. The van der Waals surface area contributed by atoms with Crippen molar-refractivity contribution in [3.8, 4) is 0 Å². The van der Waals surface area contributed by atoms with E-state index >= 15 is 0 Å². The molecule has 0 radical (unpaired) electrons. The fourth-order valence-electron chi connectivity index (χ4n) is 3.21. The normalized spacial score (nSPS) is 20.1. The number of hydrogen-bond donors (Lipinski definition) is 3. The van der Waals surface area contributed by atoms with Crippen LogP contribution in [0.2, 0.25) is 0 Å². The van der Waals surface area contributed by atoms with Gasteiger partial charge >= 0.3 is 5.97 Å². The van der Waals surface area contributed by atoms with E-state index in [9.17, 15) is 23.1 Å². The van der Waals surface area contributed by atoms with Gasteiger partial charge in [0.2, 0.25) is 15.9 Å². The van der Waals surface area contributed by atoms with Crippen LogP contribution in [-0.2, 0) is 19.6 Å². The summed E-state index contributed by atoms with van der Waals surface area (Å²) in [5.74, 6) is -2.37. The van der Waals surface area contributed by atoms with Crippen molar-refractivity contribution in [1.29, 1.82) is 0 Å². The molecule has 0 aromatic carbocycles. The Bertz CT molecular complexity index is 767. The van der Waals surface area contributed by atoms with Crippen LogP contribution in [0.3, 0.4) is 0 Å². The zero-order valence-electron chi connectivity index (χ0n) is 15.4. The molecule has 1 aromatic heterocycles. The molecule has 1 fully saturated rings. The van der Waals surface area contributed by atoms with Crippen molar-refractivity contribution < 1.29 is 23.1 Å². The summed E-state index contributed by atoms with van der Waals surface area (Å²) in [4.78, 5) is 23.9. The maximum absolute atomic E-state index is 12.9. The summed E-state index contributed by atoms with van der Waals surface area (Å²) >= 11 is 0. The van der Waals surface area contributed by atoms with Crippen LogP contribution in [0, 0.1) is 25.7 Å². The van der Waals surface area contributed by atoms with Gasteiger partial charge in [0.1, 0.15) is 10.9 Å². The summed E-state index contributed by atoms with van der Waals surface area (Å²) < 4.78 is 27.2. The third-order valence-electron chi connectivity index (χ3n) is 4.64. The number of carboxylic acid groups (broad SMARTS) is 1. The predicted octanol–water partition coefficient (Wildman–Crippen LogP) is 0.653.